The minimum Gasteiger partial charge on any atom is -0.370 e. The van der Waals surface area contributed by atoms with Crippen LogP contribution in [0, 0.1) is 17.0 Å². The van der Waals surface area contributed by atoms with Crippen LogP contribution in [0.1, 0.15) is 18.4 Å². The predicted molar refractivity (Wildman–Crippen MR) is 81.6 cm³/mol. The van der Waals surface area contributed by atoms with Crippen LogP contribution in [0.15, 0.2) is 16.6 Å². The SMILES string of the molecule is Cc1cc(N2CCC3(CC2)OCCO3)c(Br)cc1[N+](=O)[O-]. The maximum Gasteiger partial charge on any atom is 0.273 e. The van der Waals surface area contributed by atoms with E-state index in [0.29, 0.717) is 18.8 Å². The third kappa shape index (κ3) is 2.77. The van der Waals surface area contributed by atoms with Crippen LogP contribution in [-0.4, -0.2) is 37.0 Å². The molecule has 1 aromatic rings. The molecule has 114 valence electrons. The fraction of sp³-hybridized carbons (Fsp3) is 0.571. The van der Waals surface area contributed by atoms with E-state index < -0.39 is 5.79 Å². The van der Waals surface area contributed by atoms with Crippen LogP contribution < -0.4 is 4.90 Å². The zero-order valence-electron chi connectivity index (χ0n) is 11.8. The van der Waals surface area contributed by atoms with Gasteiger partial charge in [-0.05, 0) is 28.9 Å². The van der Waals surface area contributed by atoms with Crippen molar-refractivity contribution < 1.29 is 14.4 Å². The van der Waals surface area contributed by atoms with Crippen molar-refractivity contribution in [2.45, 2.75) is 25.6 Å². The summed E-state index contributed by atoms with van der Waals surface area (Å²) in [6.45, 7) is 4.73. The first kappa shape index (κ1) is 14.7. The lowest BCUT2D eigenvalue weighted by Gasteiger charge is -2.39. The number of anilines is 1. The van der Waals surface area contributed by atoms with E-state index in [4.69, 9.17) is 9.47 Å². The number of halogens is 1. The molecule has 0 aromatic heterocycles. The summed E-state index contributed by atoms with van der Waals surface area (Å²) in [5.74, 6) is -0.404. The number of nitro groups is 1. The molecule has 3 rings (SSSR count). The molecule has 2 saturated heterocycles. The van der Waals surface area contributed by atoms with Crippen molar-refractivity contribution >= 4 is 27.3 Å². The molecule has 2 fully saturated rings. The lowest BCUT2D eigenvalue weighted by molar-refractivity contribution is -0.385. The molecule has 0 N–H and O–H groups in total. The van der Waals surface area contributed by atoms with E-state index in [1.54, 1.807) is 13.0 Å². The normalized spacial score (nSPS) is 21.0. The smallest absolute Gasteiger partial charge is 0.273 e. The number of ether oxygens (including phenoxy) is 2. The molecule has 2 aliphatic heterocycles. The van der Waals surface area contributed by atoms with E-state index in [2.05, 4.69) is 20.8 Å². The molecule has 6 nitrogen and oxygen atoms in total. The van der Waals surface area contributed by atoms with Gasteiger partial charge >= 0.3 is 0 Å². The Morgan fingerprint density at radius 1 is 1.29 bits per heavy atom. The first-order chi connectivity index (χ1) is 10.0. The topological polar surface area (TPSA) is 64.8 Å². The quantitative estimate of drug-likeness (QED) is 0.601. The average molecular weight is 357 g/mol. The third-order valence-electron chi connectivity index (χ3n) is 4.14. The highest BCUT2D eigenvalue weighted by atomic mass is 79.9. The van der Waals surface area contributed by atoms with Gasteiger partial charge in [-0.2, -0.15) is 0 Å². The van der Waals surface area contributed by atoms with Gasteiger partial charge in [0, 0.05) is 42.0 Å². The third-order valence-corrected chi connectivity index (χ3v) is 4.78. The van der Waals surface area contributed by atoms with E-state index in [0.717, 1.165) is 36.1 Å². The van der Waals surface area contributed by atoms with E-state index >= 15 is 0 Å². The minimum atomic E-state index is -0.404. The molecule has 0 radical (unpaired) electrons. The Balaban J connectivity index is 1.79. The molecular formula is C14H17BrN2O4. The number of nitrogens with zero attached hydrogens (tertiary/aromatic N) is 2. The lowest BCUT2D eigenvalue weighted by atomic mass is 10.0. The van der Waals surface area contributed by atoms with Gasteiger partial charge in [0.15, 0.2) is 5.79 Å². The number of hydrogen-bond donors (Lipinski definition) is 0. The van der Waals surface area contributed by atoms with Crippen molar-refractivity contribution in [2.24, 2.45) is 0 Å². The van der Waals surface area contributed by atoms with Crippen molar-refractivity contribution in [1.82, 2.24) is 0 Å². The summed E-state index contributed by atoms with van der Waals surface area (Å²) in [5, 5.41) is 11.0. The Bertz CT molecular complexity index is 562. The largest absolute Gasteiger partial charge is 0.370 e. The van der Waals surface area contributed by atoms with Gasteiger partial charge in [-0.15, -0.1) is 0 Å². The highest BCUT2D eigenvalue weighted by Gasteiger charge is 2.40. The zero-order valence-corrected chi connectivity index (χ0v) is 13.4. The molecule has 0 unspecified atom stereocenters. The minimum absolute atomic E-state index is 0.140. The number of nitro benzene ring substituents is 1. The van der Waals surface area contributed by atoms with E-state index in [9.17, 15) is 10.1 Å². The Labute approximate surface area is 131 Å². The summed E-state index contributed by atoms with van der Waals surface area (Å²) in [6.07, 6.45) is 1.63. The molecule has 1 spiro atoms. The van der Waals surface area contributed by atoms with Gasteiger partial charge in [-0.3, -0.25) is 10.1 Å². The van der Waals surface area contributed by atoms with Gasteiger partial charge in [0.05, 0.1) is 23.8 Å². The summed E-state index contributed by atoms with van der Waals surface area (Å²) in [7, 11) is 0. The molecule has 0 amide bonds. The molecule has 0 bridgehead atoms. The van der Waals surface area contributed by atoms with E-state index in [1.165, 1.54) is 0 Å². The van der Waals surface area contributed by atoms with Crippen molar-refractivity contribution in [1.29, 1.82) is 0 Å². The Kier molecular flexibility index (Phi) is 3.90. The zero-order chi connectivity index (χ0) is 15.0. The second-order valence-electron chi connectivity index (χ2n) is 5.44. The highest BCUT2D eigenvalue weighted by Crippen LogP contribution is 2.38. The number of benzene rings is 1. The monoisotopic (exact) mass is 356 g/mol. The van der Waals surface area contributed by atoms with Crippen molar-refractivity contribution in [3.05, 3.63) is 32.3 Å². The molecule has 0 atom stereocenters. The maximum absolute atomic E-state index is 11.0. The molecule has 1 aromatic carbocycles. The number of aryl methyl sites for hydroxylation is 1. The van der Waals surface area contributed by atoms with Crippen LogP contribution >= 0.6 is 15.9 Å². The molecule has 7 heteroatoms. The van der Waals surface area contributed by atoms with Crippen LogP contribution in [0.4, 0.5) is 11.4 Å². The van der Waals surface area contributed by atoms with Gasteiger partial charge < -0.3 is 14.4 Å². The fourth-order valence-electron chi connectivity index (χ4n) is 2.97. The second-order valence-corrected chi connectivity index (χ2v) is 6.30. The van der Waals surface area contributed by atoms with Crippen LogP contribution in [0.25, 0.3) is 0 Å². The first-order valence-electron chi connectivity index (χ1n) is 6.98. The summed E-state index contributed by atoms with van der Waals surface area (Å²) in [6, 6.07) is 3.45. The predicted octanol–water partition coefficient (Wildman–Crippen LogP) is 3.01. The Morgan fingerprint density at radius 3 is 2.48 bits per heavy atom. The molecule has 2 aliphatic rings. The number of hydrogen-bond acceptors (Lipinski definition) is 5. The van der Waals surface area contributed by atoms with Crippen LogP contribution in [-0.2, 0) is 9.47 Å². The van der Waals surface area contributed by atoms with Crippen molar-refractivity contribution in [3.8, 4) is 0 Å². The second kappa shape index (κ2) is 5.55. The van der Waals surface area contributed by atoms with Gasteiger partial charge in [-0.1, -0.05) is 0 Å². The molecule has 21 heavy (non-hydrogen) atoms. The van der Waals surface area contributed by atoms with E-state index in [1.807, 2.05) is 6.07 Å². The van der Waals surface area contributed by atoms with Gasteiger partial charge in [0.1, 0.15) is 0 Å². The number of piperidine rings is 1. The van der Waals surface area contributed by atoms with Crippen molar-refractivity contribution in [3.63, 3.8) is 0 Å². The molecule has 2 heterocycles. The summed E-state index contributed by atoms with van der Waals surface area (Å²) < 4.78 is 12.2. The Hall–Kier alpha value is -1.18. The maximum atomic E-state index is 11.0. The lowest BCUT2D eigenvalue weighted by Crippen LogP contribution is -2.45. The van der Waals surface area contributed by atoms with Gasteiger partial charge in [0.25, 0.3) is 5.69 Å². The average Bonchev–Trinajstić information content (AvgIpc) is 2.90. The van der Waals surface area contributed by atoms with Gasteiger partial charge in [0.2, 0.25) is 0 Å². The summed E-state index contributed by atoms with van der Waals surface area (Å²) in [5.41, 5.74) is 1.80. The van der Waals surface area contributed by atoms with Gasteiger partial charge in [-0.25, -0.2) is 0 Å². The van der Waals surface area contributed by atoms with Crippen LogP contribution in [0.3, 0.4) is 0 Å². The first-order valence-corrected chi connectivity index (χ1v) is 7.77. The molecular weight excluding hydrogens is 340 g/mol. The van der Waals surface area contributed by atoms with E-state index in [-0.39, 0.29) is 10.6 Å². The summed E-state index contributed by atoms with van der Waals surface area (Å²) >= 11 is 3.45. The standard InChI is InChI=1S/C14H17BrN2O4/c1-10-8-13(11(15)9-12(10)17(18)19)16-4-2-14(3-5-16)20-6-7-21-14/h8-9H,2-7H2,1H3. The highest BCUT2D eigenvalue weighted by molar-refractivity contribution is 9.10. The fourth-order valence-corrected chi connectivity index (χ4v) is 3.55. The van der Waals surface area contributed by atoms with Crippen LogP contribution in [0.2, 0.25) is 0 Å². The van der Waals surface area contributed by atoms with Crippen LogP contribution in [0.5, 0.6) is 0 Å². The molecule has 0 saturated carbocycles. The number of rotatable bonds is 2. The Morgan fingerprint density at radius 2 is 1.90 bits per heavy atom. The molecule has 0 aliphatic carbocycles. The summed E-state index contributed by atoms with van der Waals surface area (Å²) in [4.78, 5) is 12.8. The van der Waals surface area contributed by atoms with Crippen molar-refractivity contribution in [2.75, 3.05) is 31.2 Å².